The van der Waals surface area contributed by atoms with Crippen LogP contribution in [0.2, 0.25) is 0 Å². The fourth-order valence-electron chi connectivity index (χ4n) is 3.05. The molecule has 2 aromatic heterocycles. The molecule has 0 atom stereocenters. The molecule has 0 aliphatic rings. The van der Waals surface area contributed by atoms with Gasteiger partial charge in [0.15, 0.2) is 0 Å². The van der Waals surface area contributed by atoms with E-state index in [1.807, 2.05) is 61.5 Å². The molecular weight excluding hydrogens is 364 g/mol. The van der Waals surface area contributed by atoms with Gasteiger partial charge in [-0.15, -0.1) is 0 Å². The van der Waals surface area contributed by atoms with Crippen molar-refractivity contribution >= 4 is 39.1 Å². The lowest BCUT2D eigenvalue weighted by Crippen LogP contribution is -2.14. The smallest absolute Gasteiger partial charge is 0.272 e. The van der Waals surface area contributed by atoms with Crippen LogP contribution in [0.3, 0.4) is 0 Å². The highest BCUT2D eigenvalue weighted by Gasteiger charge is 2.11. The molecule has 0 saturated heterocycles. The van der Waals surface area contributed by atoms with Gasteiger partial charge in [-0.3, -0.25) is 15.2 Å². The Bertz CT molecular complexity index is 1270. The standard InChI is InChI=1S/C22H20N6O/c1-13(27-28-14(2)23)15-5-7-20-17(10-15)12-21(26-20)22(29)25-18-6-8-19-16(11-18)4-3-9-24-19/h3-12,26,28H,2,23H2,1H3,(H,25,29)/b27-13+. The summed E-state index contributed by atoms with van der Waals surface area (Å²) in [5.41, 5.74) is 12.7. The molecule has 0 aliphatic heterocycles. The molecule has 2 aromatic carbocycles. The first kappa shape index (κ1) is 18.2. The zero-order valence-electron chi connectivity index (χ0n) is 15.9. The average molecular weight is 384 g/mol. The van der Waals surface area contributed by atoms with E-state index in [9.17, 15) is 4.79 Å². The van der Waals surface area contributed by atoms with Gasteiger partial charge in [-0.25, -0.2) is 0 Å². The summed E-state index contributed by atoms with van der Waals surface area (Å²) in [4.78, 5) is 20.1. The van der Waals surface area contributed by atoms with Crippen molar-refractivity contribution in [3.05, 3.63) is 84.5 Å². The molecule has 4 aromatic rings. The topological polar surface area (TPSA) is 108 Å². The second-order valence-corrected chi connectivity index (χ2v) is 6.68. The minimum absolute atomic E-state index is 0.211. The fraction of sp³-hybridized carbons (Fsp3) is 0.0455. The highest BCUT2D eigenvalue weighted by atomic mass is 16.1. The summed E-state index contributed by atoms with van der Waals surface area (Å²) >= 11 is 0. The van der Waals surface area contributed by atoms with Crippen LogP contribution in [0, 0.1) is 0 Å². The molecule has 4 rings (SSSR count). The number of anilines is 1. The van der Waals surface area contributed by atoms with Gasteiger partial charge in [0.25, 0.3) is 5.91 Å². The van der Waals surface area contributed by atoms with Crippen molar-refractivity contribution in [2.45, 2.75) is 6.92 Å². The second-order valence-electron chi connectivity index (χ2n) is 6.68. The summed E-state index contributed by atoms with van der Waals surface area (Å²) in [5, 5.41) is 8.98. The first-order valence-corrected chi connectivity index (χ1v) is 9.03. The largest absolute Gasteiger partial charge is 0.385 e. The molecule has 0 saturated carbocycles. The van der Waals surface area contributed by atoms with Crippen LogP contribution in [0.5, 0.6) is 0 Å². The number of H-pyrrole nitrogens is 1. The Labute approximate surface area is 167 Å². The average Bonchev–Trinajstić information content (AvgIpc) is 3.15. The lowest BCUT2D eigenvalue weighted by Gasteiger charge is -2.05. The first-order chi connectivity index (χ1) is 14.0. The number of benzene rings is 2. The van der Waals surface area contributed by atoms with Crippen LogP contribution in [-0.2, 0) is 0 Å². The van der Waals surface area contributed by atoms with Gasteiger partial charge in [-0.05, 0) is 55.0 Å². The predicted molar refractivity (Wildman–Crippen MR) is 117 cm³/mol. The number of nitrogens with two attached hydrogens (primary N) is 1. The van der Waals surface area contributed by atoms with E-state index in [0.29, 0.717) is 11.4 Å². The number of carbonyl (C=O) groups is 1. The third kappa shape index (κ3) is 3.93. The second kappa shape index (κ2) is 7.47. The number of hydrogen-bond donors (Lipinski definition) is 4. The van der Waals surface area contributed by atoms with Crippen molar-refractivity contribution in [2.24, 2.45) is 10.8 Å². The van der Waals surface area contributed by atoms with E-state index >= 15 is 0 Å². The number of nitrogens with zero attached hydrogens (tertiary/aromatic N) is 2. The molecule has 7 heteroatoms. The Morgan fingerprint density at radius 3 is 2.83 bits per heavy atom. The molecule has 2 heterocycles. The Hall–Kier alpha value is -4.13. The lowest BCUT2D eigenvalue weighted by atomic mass is 10.1. The van der Waals surface area contributed by atoms with E-state index in [0.717, 1.165) is 33.1 Å². The van der Waals surface area contributed by atoms with Crippen LogP contribution in [0.1, 0.15) is 23.0 Å². The summed E-state index contributed by atoms with van der Waals surface area (Å²) in [5.74, 6) is 0.0629. The number of amides is 1. The van der Waals surface area contributed by atoms with Crippen LogP contribution in [0.15, 0.2) is 78.3 Å². The van der Waals surface area contributed by atoms with E-state index in [4.69, 9.17) is 5.73 Å². The number of hydrogen-bond acceptors (Lipinski definition) is 5. The molecule has 144 valence electrons. The van der Waals surface area contributed by atoms with E-state index in [2.05, 4.69) is 32.4 Å². The highest BCUT2D eigenvalue weighted by Crippen LogP contribution is 2.21. The number of aromatic amines is 1. The van der Waals surface area contributed by atoms with Gasteiger partial charge in [0.2, 0.25) is 0 Å². The zero-order chi connectivity index (χ0) is 20.4. The summed E-state index contributed by atoms with van der Waals surface area (Å²) in [7, 11) is 0. The number of pyridine rings is 1. The van der Waals surface area contributed by atoms with Crippen LogP contribution < -0.4 is 16.5 Å². The van der Waals surface area contributed by atoms with Crippen LogP contribution >= 0.6 is 0 Å². The Balaban J connectivity index is 1.57. The van der Waals surface area contributed by atoms with Gasteiger partial charge in [-0.2, -0.15) is 5.10 Å². The van der Waals surface area contributed by atoms with Crippen LogP contribution in [-0.4, -0.2) is 21.6 Å². The number of nitrogens with one attached hydrogen (secondary N) is 3. The molecule has 0 unspecified atom stereocenters. The fourth-order valence-corrected chi connectivity index (χ4v) is 3.05. The van der Waals surface area contributed by atoms with Gasteiger partial charge >= 0.3 is 0 Å². The molecule has 5 N–H and O–H groups in total. The summed E-state index contributed by atoms with van der Waals surface area (Å²) in [6, 6.07) is 17.1. The van der Waals surface area contributed by atoms with Crippen LogP contribution in [0.25, 0.3) is 21.8 Å². The van der Waals surface area contributed by atoms with Gasteiger partial charge < -0.3 is 16.0 Å². The lowest BCUT2D eigenvalue weighted by molar-refractivity contribution is 0.102. The van der Waals surface area contributed by atoms with Crippen molar-refractivity contribution in [3.8, 4) is 0 Å². The Morgan fingerprint density at radius 2 is 2.00 bits per heavy atom. The van der Waals surface area contributed by atoms with Gasteiger partial charge in [-0.1, -0.05) is 18.7 Å². The number of hydrazone groups is 1. The molecule has 0 fully saturated rings. The maximum absolute atomic E-state index is 12.7. The predicted octanol–water partition coefficient (Wildman–Crippen LogP) is 3.71. The maximum Gasteiger partial charge on any atom is 0.272 e. The quantitative estimate of drug-likeness (QED) is 0.311. The monoisotopic (exact) mass is 384 g/mol. The first-order valence-electron chi connectivity index (χ1n) is 9.03. The van der Waals surface area contributed by atoms with Crippen molar-refractivity contribution in [1.82, 2.24) is 15.4 Å². The molecule has 1 amide bonds. The molecule has 0 aliphatic carbocycles. The van der Waals surface area contributed by atoms with Gasteiger partial charge in [0.05, 0.1) is 11.2 Å². The van der Waals surface area contributed by atoms with Gasteiger partial charge in [0, 0.05) is 28.2 Å². The number of fused-ring (bicyclic) bond motifs is 2. The molecular formula is C22H20N6O. The highest BCUT2D eigenvalue weighted by molar-refractivity contribution is 6.08. The molecule has 29 heavy (non-hydrogen) atoms. The summed E-state index contributed by atoms with van der Waals surface area (Å²) < 4.78 is 0. The molecule has 0 bridgehead atoms. The van der Waals surface area contributed by atoms with E-state index < -0.39 is 0 Å². The van der Waals surface area contributed by atoms with Crippen LogP contribution in [0.4, 0.5) is 5.69 Å². The Morgan fingerprint density at radius 1 is 1.14 bits per heavy atom. The normalized spacial score (nSPS) is 11.6. The molecule has 7 nitrogen and oxygen atoms in total. The third-order valence-electron chi connectivity index (χ3n) is 4.51. The summed E-state index contributed by atoms with van der Waals surface area (Å²) in [6.45, 7) is 5.42. The van der Waals surface area contributed by atoms with Crippen molar-refractivity contribution < 1.29 is 4.79 Å². The number of aromatic nitrogens is 2. The Kier molecular flexibility index (Phi) is 4.70. The summed E-state index contributed by atoms with van der Waals surface area (Å²) in [6.07, 6.45) is 1.74. The maximum atomic E-state index is 12.7. The third-order valence-corrected chi connectivity index (χ3v) is 4.51. The van der Waals surface area contributed by atoms with Crippen molar-refractivity contribution in [3.63, 3.8) is 0 Å². The van der Waals surface area contributed by atoms with Crippen molar-refractivity contribution in [1.29, 1.82) is 0 Å². The minimum Gasteiger partial charge on any atom is -0.385 e. The van der Waals surface area contributed by atoms with E-state index in [-0.39, 0.29) is 11.7 Å². The zero-order valence-corrected chi connectivity index (χ0v) is 15.9. The van der Waals surface area contributed by atoms with Gasteiger partial charge in [0.1, 0.15) is 11.5 Å². The minimum atomic E-state index is -0.211. The van der Waals surface area contributed by atoms with E-state index in [1.165, 1.54) is 0 Å². The van der Waals surface area contributed by atoms with Crippen molar-refractivity contribution in [2.75, 3.05) is 5.32 Å². The number of rotatable bonds is 5. The molecule has 0 radical (unpaired) electrons. The SMILES string of the molecule is C=C(N)N/N=C(\C)c1ccc2[nH]c(C(=O)Nc3ccc4ncccc4c3)cc2c1. The molecule has 0 spiro atoms. The number of carbonyl (C=O) groups excluding carboxylic acids is 1. The van der Waals surface area contributed by atoms with E-state index in [1.54, 1.807) is 6.20 Å².